The monoisotopic (exact) mass is 358 g/mol. The minimum atomic E-state index is -0.292. The van der Waals surface area contributed by atoms with Crippen LogP contribution in [0.4, 0.5) is 27.4 Å². The van der Waals surface area contributed by atoms with Crippen LogP contribution in [0.25, 0.3) is 0 Å². The Morgan fingerprint density at radius 2 is 1.64 bits per heavy atom. The molecular formula is C18H16ClFN4O. The molecule has 0 fully saturated rings. The number of ether oxygens (including phenoxy) is 1. The maximum Gasteiger partial charge on any atom is 0.142 e. The van der Waals surface area contributed by atoms with Gasteiger partial charge in [0.15, 0.2) is 0 Å². The second-order valence-electron chi connectivity index (χ2n) is 5.29. The Morgan fingerprint density at radius 1 is 0.960 bits per heavy atom. The number of nitrogens with one attached hydrogen (secondary N) is 2. The number of aromatic nitrogens is 2. The van der Waals surface area contributed by atoms with E-state index >= 15 is 0 Å². The maximum atomic E-state index is 13.0. The molecule has 7 heteroatoms. The number of methoxy groups -OCH3 is 1. The molecule has 128 valence electrons. The number of rotatable bonds is 5. The van der Waals surface area contributed by atoms with Gasteiger partial charge in [-0.05, 0) is 49.4 Å². The molecule has 0 saturated carbocycles. The van der Waals surface area contributed by atoms with Gasteiger partial charge in [0.2, 0.25) is 0 Å². The molecule has 25 heavy (non-hydrogen) atoms. The predicted molar refractivity (Wildman–Crippen MR) is 97.7 cm³/mol. The number of anilines is 4. The summed E-state index contributed by atoms with van der Waals surface area (Å²) < 4.78 is 18.3. The van der Waals surface area contributed by atoms with Crippen LogP contribution in [0.1, 0.15) is 5.82 Å². The van der Waals surface area contributed by atoms with Gasteiger partial charge in [0.1, 0.15) is 29.0 Å². The zero-order valence-electron chi connectivity index (χ0n) is 13.7. The molecule has 2 aromatic carbocycles. The Kier molecular flexibility index (Phi) is 5.00. The topological polar surface area (TPSA) is 59.1 Å². The molecule has 0 saturated heterocycles. The zero-order valence-corrected chi connectivity index (χ0v) is 14.4. The van der Waals surface area contributed by atoms with Crippen molar-refractivity contribution in [3.8, 4) is 5.75 Å². The fraction of sp³-hybridized carbons (Fsp3) is 0.111. The summed E-state index contributed by atoms with van der Waals surface area (Å²) in [5.74, 6) is 2.10. The summed E-state index contributed by atoms with van der Waals surface area (Å²) in [5, 5.41) is 6.89. The first-order chi connectivity index (χ1) is 12.0. The van der Waals surface area contributed by atoms with Crippen molar-refractivity contribution in [2.24, 2.45) is 0 Å². The lowest BCUT2D eigenvalue weighted by Crippen LogP contribution is -2.02. The third kappa shape index (κ3) is 4.36. The maximum absolute atomic E-state index is 13.0. The van der Waals surface area contributed by atoms with Gasteiger partial charge in [0.25, 0.3) is 0 Å². The second-order valence-corrected chi connectivity index (χ2v) is 5.72. The molecule has 0 radical (unpaired) electrons. The number of hydrogen-bond acceptors (Lipinski definition) is 5. The number of hydrogen-bond donors (Lipinski definition) is 2. The van der Waals surface area contributed by atoms with Crippen LogP contribution in [0.5, 0.6) is 5.75 Å². The highest BCUT2D eigenvalue weighted by molar-refractivity contribution is 6.31. The number of nitrogens with zero attached hydrogens (tertiary/aromatic N) is 2. The van der Waals surface area contributed by atoms with Gasteiger partial charge in [0, 0.05) is 16.8 Å². The Labute approximate surface area is 149 Å². The van der Waals surface area contributed by atoms with Crippen molar-refractivity contribution in [1.82, 2.24) is 9.97 Å². The molecule has 5 nitrogen and oxygen atoms in total. The summed E-state index contributed by atoms with van der Waals surface area (Å²) >= 11 is 6.05. The van der Waals surface area contributed by atoms with Gasteiger partial charge < -0.3 is 15.4 Å². The smallest absolute Gasteiger partial charge is 0.142 e. The lowest BCUT2D eigenvalue weighted by molar-refractivity contribution is 0.417. The van der Waals surface area contributed by atoms with E-state index in [1.165, 1.54) is 12.1 Å². The molecule has 3 aromatic rings. The largest absolute Gasteiger partial charge is 0.495 e. The van der Waals surface area contributed by atoms with E-state index in [-0.39, 0.29) is 5.82 Å². The van der Waals surface area contributed by atoms with E-state index in [4.69, 9.17) is 16.3 Å². The average Bonchev–Trinajstić information content (AvgIpc) is 2.57. The van der Waals surface area contributed by atoms with Crippen LogP contribution in [-0.4, -0.2) is 17.1 Å². The first-order valence-corrected chi connectivity index (χ1v) is 7.90. The van der Waals surface area contributed by atoms with Crippen LogP contribution >= 0.6 is 11.6 Å². The van der Waals surface area contributed by atoms with Crippen molar-refractivity contribution < 1.29 is 9.13 Å². The minimum Gasteiger partial charge on any atom is -0.495 e. The molecular weight excluding hydrogens is 343 g/mol. The van der Waals surface area contributed by atoms with E-state index in [0.717, 1.165) is 5.69 Å². The van der Waals surface area contributed by atoms with Crippen LogP contribution in [0.2, 0.25) is 5.02 Å². The van der Waals surface area contributed by atoms with Crippen LogP contribution in [-0.2, 0) is 0 Å². The van der Waals surface area contributed by atoms with Gasteiger partial charge in [-0.15, -0.1) is 0 Å². The van der Waals surface area contributed by atoms with Crippen molar-refractivity contribution in [3.05, 3.63) is 65.2 Å². The highest BCUT2D eigenvalue weighted by atomic mass is 35.5. The fourth-order valence-electron chi connectivity index (χ4n) is 2.29. The molecule has 1 aromatic heterocycles. The van der Waals surface area contributed by atoms with Gasteiger partial charge in [-0.3, -0.25) is 0 Å². The number of benzene rings is 2. The van der Waals surface area contributed by atoms with E-state index < -0.39 is 0 Å². The molecule has 0 atom stereocenters. The summed E-state index contributed by atoms with van der Waals surface area (Å²) in [6, 6.07) is 13.1. The van der Waals surface area contributed by atoms with E-state index in [0.29, 0.717) is 33.9 Å². The normalized spacial score (nSPS) is 10.4. The van der Waals surface area contributed by atoms with Gasteiger partial charge >= 0.3 is 0 Å². The molecule has 0 bridgehead atoms. The molecule has 0 unspecified atom stereocenters. The summed E-state index contributed by atoms with van der Waals surface area (Å²) in [5.41, 5.74) is 1.42. The van der Waals surface area contributed by atoms with Gasteiger partial charge in [-0.25, -0.2) is 14.4 Å². The Balaban J connectivity index is 1.87. The third-order valence-corrected chi connectivity index (χ3v) is 3.61. The lowest BCUT2D eigenvalue weighted by atomic mass is 10.3. The average molecular weight is 359 g/mol. The molecule has 0 aliphatic heterocycles. The highest BCUT2D eigenvalue weighted by Gasteiger charge is 2.08. The Bertz CT molecular complexity index is 887. The lowest BCUT2D eigenvalue weighted by Gasteiger charge is -2.13. The first kappa shape index (κ1) is 17.0. The van der Waals surface area contributed by atoms with Crippen LogP contribution < -0.4 is 15.4 Å². The Hall–Kier alpha value is -2.86. The second kappa shape index (κ2) is 7.36. The van der Waals surface area contributed by atoms with Gasteiger partial charge in [-0.2, -0.15) is 0 Å². The fourth-order valence-corrected chi connectivity index (χ4v) is 2.46. The van der Waals surface area contributed by atoms with Crippen LogP contribution in [0.15, 0.2) is 48.5 Å². The zero-order chi connectivity index (χ0) is 17.8. The van der Waals surface area contributed by atoms with E-state index in [1.807, 2.05) is 0 Å². The van der Waals surface area contributed by atoms with Crippen molar-refractivity contribution in [3.63, 3.8) is 0 Å². The number of halogens is 2. The molecule has 0 amide bonds. The van der Waals surface area contributed by atoms with Crippen LogP contribution in [0, 0.1) is 12.7 Å². The highest BCUT2D eigenvalue weighted by Crippen LogP contribution is 2.30. The third-order valence-electron chi connectivity index (χ3n) is 3.38. The number of aryl methyl sites for hydroxylation is 1. The molecule has 0 aliphatic carbocycles. The van der Waals surface area contributed by atoms with Gasteiger partial charge in [0.05, 0.1) is 12.8 Å². The van der Waals surface area contributed by atoms with Crippen molar-refractivity contribution >= 4 is 34.6 Å². The molecule has 2 N–H and O–H groups in total. The quantitative estimate of drug-likeness (QED) is 0.666. The predicted octanol–water partition coefficient (Wildman–Crippen LogP) is 5.07. The summed E-state index contributed by atoms with van der Waals surface area (Å²) in [4.78, 5) is 8.71. The van der Waals surface area contributed by atoms with Crippen molar-refractivity contribution in [2.45, 2.75) is 6.92 Å². The SMILES string of the molecule is COc1ccc(Cl)cc1Nc1cc(Nc2ccc(F)cc2)nc(C)n1. The first-order valence-electron chi connectivity index (χ1n) is 7.52. The summed E-state index contributed by atoms with van der Waals surface area (Å²) in [6.07, 6.45) is 0. The molecule has 3 rings (SSSR count). The van der Waals surface area contributed by atoms with Gasteiger partial charge in [-0.1, -0.05) is 11.6 Å². The standard InChI is InChI=1S/C18H16ClFN4O/c1-11-21-17(23-14-6-4-13(20)5-7-14)10-18(22-11)24-15-9-12(19)3-8-16(15)25-2/h3-10H,1-2H3,(H2,21,22,23,24). The summed E-state index contributed by atoms with van der Waals surface area (Å²) in [6.45, 7) is 1.79. The molecule has 1 heterocycles. The summed E-state index contributed by atoms with van der Waals surface area (Å²) in [7, 11) is 1.58. The molecule has 0 spiro atoms. The van der Waals surface area contributed by atoms with E-state index in [1.54, 1.807) is 50.4 Å². The van der Waals surface area contributed by atoms with Crippen LogP contribution in [0.3, 0.4) is 0 Å². The van der Waals surface area contributed by atoms with E-state index in [9.17, 15) is 4.39 Å². The van der Waals surface area contributed by atoms with E-state index in [2.05, 4.69) is 20.6 Å². The minimum absolute atomic E-state index is 0.292. The Morgan fingerprint density at radius 3 is 2.32 bits per heavy atom. The van der Waals surface area contributed by atoms with Crippen molar-refractivity contribution in [1.29, 1.82) is 0 Å². The van der Waals surface area contributed by atoms with Crippen molar-refractivity contribution in [2.75, 3.05) is 17.7 Å². The molecule has 0 aliphatic rings.